The first-order chi connectivity index (χ1) is 12.7. The molecule has 0 spiro atoms. The first-order valence-electron chi connectivity index (χ1n) is 9.53. The van der Waals surface area contributed by atoms with Crippen LogP contribution < -0.4 is 15.0 Å². The summed E-state index contributed by atoms with van der Waals surface area (Å²) < 4.78 is 5.33. The summed E-state index contributed by atoms with van der Waals surface area (Å²) in [7, 11) is 1.64. The molecule has 1 N–H and O–H groups in total. The molecule has 4 rings (SSSR count). The van der Waals surface area contributed by atoms with Crippen molar-refractivity contribution in [1.82, 2.24) is 5.32 Å². The number of hydrogen-bond acceptors (Lipinski definition) is 4. The Morgan fingerprint density at radius 2 is 2.12 bits per heavy atom. The lowest BCUT2D eigenvalue weighted by Gasteiger charge is -2.25. The van der Waals surface area contributed by atoms with Gasteiger partial charge in [-0.05, 0) is 60.3 Å². The molecule has 0 saturated carbocycles. The van der Waals surface area contributed by atoms with E-state index >= 15 is 0 Å². The van der Waals surface area contributed by atoms with Gasteiger partial charge in [-0.2, -0.15) is 0 Å². The maximum atomic E-state index is 12.5. The number of fused-ring (bicyclic) bond motifs is 3. The average molecular weight is 350 g/mol. The van der Waals surface area contributed by atoms with Crippen molar-refractivity contribution in [2.45, 2.75) is 32.2 Å². The summed E-state index contributed by atoms with van der Waals surface area (Å²) in [6.07, 6.45) is 2.80. The first-order valence-corrected chi connectivity index (χ1v) is 9.53. The van der Waals surface area contributed by atoms with E-state index in [0.29, 0.717) is 12.5 Å². The van der Waals surface area contributed by atoms with Crippen LogP contribution in [0.4, 0.5) is 5.69 Å². The molecule has 4 heteroatoms. The lowest BCUT2D eigenvalue weighted by atomic mass is 9.94. The van der Waals surface area contributed by atoms with E-state index in [1.807, 2.05) is 25.1 Å². The Balaban J connectivity index is 1.76. The minimum Gasteiger partial charge on any atom is -0.497 e. The molecule has 2 aromatic rings. The number of ketones is 1. The molecule has 0 radical (unpaired) electrons. The second-order valence-electron chi connectivity index (χ2n) is 7.12. The van der Waals surface area contributed by atoms with Gasteiger partial charge in [-0.3, -0.25) is 4.79 Å². The highest BCUT2D eigenvalue weighted by atomic mass is 16.5. The van der Waals surface area contributed by atoms with Gasteiger partial charge in [0.15, 0.2) is 5.78 Å². The quantitative estimate of drug-likeness (QED) is 0.854. The zero-order valence-electron chi connectivity index (χ0n) is 15.5. The molecular formula is C22H26N2O2. The average Bonchev–Trinajstić information content (AvgIpc) is 2.86. The number of hydrogen-bond donors (Lipinski definition) is 1. The number of carbonyl (C=O) groups excluding carboxylic acids is 1. The molecule has 1 atom stereocenters. The molecule has 0 aromatic heterocycles. The number of Topliss-reactive ketones (excluding diaryl/α,β-unsaturated/α-hetero) is 1. The lowest BCUT2D eigenvalue weighted by Crippen LogP contribution is -2.32. The van der Waals surface area contributed by atoms with Crippen LogP contribution in [0.3, 0.4) is 0 Å². The third-order valence-electron chi connectivity index (χ3n) is 5.63. The number of methoxy groups -OCH3 is 1. The van der Waals surface area contributed by atoms with E-state index in [1.165, 1.54) is 17.7 Å². The molecule has 2 aromatic carbocycles. The van der Waals surface area contributed by atoms with Gasteiger partial charge in [0.1, 0.15) is 5.75 Å². The number of nitrogens with zero attached hydrogens (tertiary/aromatic N) is 1. The minimum atomic E-state index is 0.149. The van der Waals surface area contributed by atoms with Crippen LogP contribution in [0.15, 0.2) is 36.4 Å². The summed E-state index contributed by atoms with van der Waals surface area (Å²) >= 11 is 0. The number of anilines is 1. The number of nitrogens with one attached hydrogen (secondary N) is 1. The Hall–Kier alpha value is -2.33. The number of carbonyl (C=O) groups is 1. The number of ether oxygens (including phenoxy) is 1. The molecule has 1 fully saturated rings. The fourth-order valence-corrected chi connectivity index (χ4v) is 4.21. The van der Waals surface area contributed by atoms with E-state index in [0.717, 1.165) is 48.5 Å². The predicted octanol–water partition coefficient (Wildman–Crippen LogP) is 3.68. The van der Waals surface area contributed by atoms with Gasteiger partial charge in [0.2, 0.25) is 0 Å². The second kappa shape index (κ2) is 7.12. The maximum Gasteiger partial charge on any atom is 0.163 e. The van der Waals surface area contributed by atoms with Crippen molar-refractivity contribution in [3.8, 4) is 16.9 Å². The Labute approximate surface area is 155 Å². The SMILES string of the molecule is CCC(=O)c1cc(OC)ccc1-c1ccc2c(c1)N1CCNCCC1C2. The maximum absolute atomic E-state index is 12.5. The summed E-state index contributed by atoms with van der Waals surface area (Å²) in [5.41, 5.74) is 5.62. The molecule has 0 aliphatic carbocycles. The van der Waals surface area contributed by atoms with Gasteiger partial charge in [-0.1, -0.05) is 19.1 Å². The monoisotopic (exact) mass is 350 g/mol. The highest BCUT2D eigenvalue weighted by Crippen LogP contribution is 2.38. The van der Waals surface area contributed by atoms with Gasteiger partial charge in [0, 0.05) is 36.8 Å². The second-order valence-corrected chi connectivity index (χ2v) is 7.12. The van der Waals surface area contributed by atoms with Crippen molar-refractivity contribution in [3.05, 3.63) is 47.5 Å². The van der Waals surface area contributed by atoms with E-state index in [2.05, 4.69) is 28.4 Å². The molecule has 1 saturated heterocycles. The van der Waals surface area contributed by atoms with Crippen LogP contribution in [0.25, 0.3) is 11.1 Å². The van der Waals surface area contributed by atoms with Crippen LogP contribution in [-0.2, 0) is 6.42 Å². The molecule has 0 bridgehead atoms. The Bertz CT molecular complexity index is 831. The van der Waals surface area contributed by atoms with Gasteiger partial charge in [-0.25, -0.2) is 0 Å². The van der Waals surface area contributed by atoms with Crippen LogP contribution in [-0.4, -0.2) is 38.6 Å². The number of benzene rings is 2. The zero-order valence-corrected chi connectivity index (χ0v) is 15.5. The van der Waals surface area contributed by atoms with Crippen molar-refractivity contribution < 1.29 is 9.53 Å². The molecular weight excluding hydrogens is 324 g/mol. The van der Waals surface area contributed by atoms with Crippen molar-refractivity contribution in [3.63, 3.8) is 0 Å². The fourth-order valence-electron chi connectivity index (χ4n) is 4.21. The van der Waals surface area contributed by atoms with Crippen molar-refractivity contribution >= 4 is 11.5 Å². The van der Waals surface area contributed by atoms with Gasteiger partial charge < -0.3 is 15.0 Å². The van der Waals surface area contributed by atoms with Gasteiger partial charge >= 0.3 is 0 Å². The fraction of sp³-hybridized carbons (Fsp3) is 0.409. The third kappa shape index (κ3) is 2.99. The molecule has 0 amide bonds. The van der Waals surface area contributed by atoms with E-state index in [9.17, 15) is 4.79 Å². The first kappa shape index (κ1) is 17.1. The molecule has 2 aliphatic heterocycles. The molecule has 2 aliphatic rings. The smallest absolute Gasteiger partial charge is 0.163 e. The Kier molecular flexibility index (Phi) is 4.68. The van der Waals surface area contributed by atoms with E-state index in [4.69, 9.17) is 4.74 Å². The van der Waals surface area contributed by atoms with Crippen molar-refractivity contribution in [1.29, 1.82) is 0 Å². The van der Waals surface area contributed by atoms with Crippen LogP contribution in [0.2, 0.25) is 0 Å². The summed E-state index contributed by atoms with van der Waals surface area (Å²) in [5.74, 6) is 0.876. The highest BCUT2D eigenvalue weighted by molar-refractivity contribution is 6.02. The van der Waals surface area contributed by atoms with E-state index < -0.39 is 0 Å². The molecule has 136 valence electrons. The Morgan fingerprint density at radius 3 is 2.92 bits per heavy atom. The molecule has 26 heavy (non-hydrogen) atoms. The summed E-state index contributed by atoms with van der Waals surface area (Å²) in [6.45, 7) is 5.07. The van der Waals surface area contributed by atoms with Crippen LogP contribution in [0, 0.1) is 0 Å². The van der Waals surface area contributed by atoms with Gasteiger partial charge in [0.25, 0.3) is 0 Å². The standard InChI is InChI=1S/C22H26N2O2/c1-3-22(25)20-14-18(26-2)6-7-19(20)15-4-5-16-12-17-8-9-23-10-11-24(17)21(16)13-15/h4-7,13-14,17,23H,3,8-12H2,1-2H3. The summed E-state index contributed by atoms with van der Waals surface area (Å²) in [6, 6.07) is 13.1. The zero-order chi connectivity index (χ0) is 18.1. The minimum absolute atomic E-state index is 0.149. The Morgan fingerprint density at radius 1 is 1.23 bits per heavy atom. The lowest BCUT2D eigenvalue weighted by molar-refractivity contribution is 0.0988. The largest absolute Gasteiger partial charge is 0.497 e. The van der Waals surface area contributed by atoms with Crippen LogP contribution >= 0.6 is 0 Å². The number of rotatable bonds is 4. The molecule has 1 unspecified atom stereocenters. The molecule has 4 nitrogen and oxygen atoms in total. The van der Waals surface area contributed by atoms with Crippen LogP contribution in [0.5, 0.6) is 5.75 Å². The van der Waals surface area contributed by atoms with Gasteiger partial charge in [-0.15, -0.1) is 0 Å². The summed E-state index contributed by atoms with van der Waals surface area (Å²) in [5, 5.41) is 3.50. The van der Waals surface area contributed by atoms with Crippen molar-refractivity contribution in [2.75, 3.05) is 31.6 Å². The van der Waals surface area contributed by atoms with Gasteiger partial charge in [0.05, 0.1) is 7.11 Å². The van der Waals surface area contributed by atoms with Crippen molar-refractivity contribution in [2.24, 2.45) is 0 Å². The van der Waals surface area contributed by atoms with Crippen LogP contribution in [0.1, 0.15) is 35.7 Å². The topological polar surface area (TPSA) is 41.6 Å². The normalized spacial score (nSPS) is 18.8. The van der Waals surface area contributed by atoms with E-state index in [-0.39, 0.29) is 5.78 Å². The summed E-state index contributed by atoms with van der Waals surface area (Å²) in [4.78, 5) is 15.1. The molecule has 2 heterocycles. The third-order valence-corrected chi connectivity index (χ3v) is 5.63. The highest BCUT2D eigenvalue weighted by Gasteiger charge is 2.30. The predicted molar refractivity (Wildman–Crippen MR) is 105 cm³/mol. The van der Waals surface area contributed by atoms with E-state index in [1.54, 1.807) is 7.11 Å².